The summed E-state index contributed by atoms with van der Waals surface area (Å²) in [4.78, 5) is 15.0. The molecule has 106 valence electrons. The van der Waals surface area contributed by atoms with Crippen LogP contribution in [0.5, 0.6) is 0 Å². The Balaban J connectivity index is 2.09. The summed E-state index contributed by atoms with van der Waals surface area (Å²) in [5.74, 6) is 0.305. The van der Waals surface area contributed by atoms with E-state index < -0.39 is 0 Å². The predicted octanol–water partition coefficient (Wildman–Crippen LogP) is 2.06. The molecule has 1 N–H and O–H groups in total. The van der Waals surface area contributed by atoms with Crippen molar-refractivity contribution in [1.29, 1.82) is 5.26 Å². The molecule has 4 heteroatoms. The smallest absolute Gasteiger partial charge is 0.230 e. The van der Waals surface area contributed by atoms with Crippen LogP contribution in [-0.2, 0) is 4.79 Å². The van der Waals surface area contributed by atoms with Gasteiger partial charge in [0.05, 0.1) is 17.9 Å². The maximum atomic E-state index is 13.0. The van der Waals surface area contributed by atoms with Crippen molar-refractivity contribution in [2.75, 3.05) is 19.6 Å². The standard InChI is InChI=1S/C15H25N3O/c1-2-7-15(8-3-10-17-12-15)14(19)18(11-4-9-16)13-5-6-13/h13,17H,2-8,10-12H2,1H3. The number of carbonyl (C=O) groups excluding carboxylic acids is 1. The Morgan fingerprint density at radius 1 is 1.53 bits per heavy atom. The Kier molecular flexibility index (Phi) is 4.81. The summed E-state index contributed by atoms with van der Waals surface area (Å²) >= 11 is 0. The number of nitrogens with zero attached hydrogens (tertiary/aromatic N) is 2. The summed E-state index contributed by atoms with van der Waals surface area (Å²) in [5.41, 5.74) is -0.203. The average Bonchev–Trinajstić information content (AvgIpc) is 3.25. The lowest BCUT2D eigenvalue weighted by Crippen LogP contribution is -2.52. The highest BCUT2D eigenvalue weighted by Gasteiger charge is 2.44. The van der Waals surface area contributed by atoms with Crippen LogP contribution in [0.25, 0.3) is 0 Å². The summed E-state index contributed by atoms with van der Waals surface area (Å²) in [6, 6.07) is 2.59. The molecule has 0 bridgehead atoms. The molecule has 2 aliphatic rings. The van der Waals surface area contributed by atoms with E-state index in [2.05, 4.69) is 18.3 Å². The highest BCUT2D eigenvalue weighted by atomic mass is 16.2. The van der Waals surface area contributed by atoms with Crippen molar-refractivity contribution in [3.05, 3.63) is 0 Å². The van der Waals surface area contributed by atoms with Gasteiger partial charge in [-0.1, -0.05) is 13.3 Å². The monoisotopic (exact) mass is 263 g/mol. The second-order valence-electron chi connectivity index (χ2n) is 5.95. The molecule has 1 saturated heterocycles. The third-order valence-corrected chi connectivity index (χ3v) is 4.37. The van der Waals surface area contributed by atoms with Gasteiger partial charge in [-0.15, -0.1) is 0 Å². The molecule has 1 saturated carbocycles. The van der Waals surface area contributed by atoms with Crippen LogP contribution < -0.4 is 5.32 Å². The van der Waals surface area contributed by atoms with Crippen LogP contribution in [0.3, 0.4) is 0 Å². The topological polar surface area (TPSA) is 56.1 Å². The molecule has 0 aromatic heterocycles. The molecule has 0 aromatic carbocycles. The first kappa shape index (κ1) is 14.3. The average molecular weight is 263 g/mol. The number of amides is 1. The number of carbonyl (C=O) groups is 1. The largest absolute Gasteiger partial charge is 0.338 e. The Hall–Kier alpha value is -1.08. The van der Waals surface area contributed by atoms with Crippen LogP contribution in [0, 0.1) is 16.7 Å². The number of rotatable bonds is 6. The Morgan fingerprint density at radius 2 is 2.32 bits per heavy atom. The fourth-order valence-electron chi connectivity index (χ4n) is 3.26. The highest BCUT2D eigenvalue weighted by molar-refractivity contribution is 5.83. The SMILES string of the molecule is CCCC1(C(=O)N(CCC#N)C2CC2)CCCNC1. The van der Waals surface area contributed by atoms with E-state index in [0.29, 0.717) is 24.9 Å². The Bertz CT molecular complexity index is 345. The summed E-state index contributed by atoms with van der Waals surface area (Å²) in [5, 5.41) is 12.2. The molecular weight excluding hydrogens is 238 g/mol. The van der Waals surface area contributed by atoms with Crippen LogP contribution in [0.2, 0.25) is 0 Å². The number of hydrogen-bond donors (Lipinski definition) is 1. The van der Waals surface area contributed by atoms with Crippen LogP contribution in [0.1, 0.15) is 51.9 Å². The minimum absolute atomic E-state index is 0.203. The molecule has 2 rings (SSSR count). The molecule has 1 amide bonds. The number of piperidine rings is 1. The minimum Gasteiger partial charge on any atom is -0.338 e. The van der Waals surface area contributed by atoms with Crippen molar-refractivity contribution in [3.8, 4) is 6.07 Å². The molecule has 0 spiro atoms. The van der Waals surface area contributed by atoms with Gasteiger partial charge in [-0.3, -0.25) is 4.79 Å². The third kappa shape index (κ3) is 3.27. The van der Waals surface area contributed by atoms with Gasteiger partial charge in [-0.2, -0.15) is 5.26 Å². The fourth-order valence-corrected chi connectivity index (χ4v) is 3.26. The van der Waals surface area contributed by atoms with Gasteiger partial charge in [0, 0.05) is 19.1 Å². The first-order valence-electron chi connectivity index (χ1n) is 7.62. The lowest BCUT2D eigenvalue weighted by molar-refractivity contribution is -0.144. The maximum absolute atomic E-state index is 13.0. The highest BCUT2D eigenvalue weighted by Crippen LogP contribution is 2.37. The number of nitriles is 1. The molecule has 0 aromatic rings. The van der Waals surface area contributed by atoms with E-state index in [1.165, 1.54) is 0 Å². The van der Waals surface area contributed by atoms with Crippen LogP contribution in [0.15, 0.2) is 0 Å². The molecule has 4 nitrogen and oxygen atoms in total. The number of hydrogen-bond acceptors (Lipinski definition) is 3. The normalized spacial score (nSPS) is 26.7. The molecule has 1 heterocycles. The Morgan fingerprint density at radius 3 is 2.84 bits per heavy atom. The van der Waals surface area contributed by atoms with Crippen molar-refractivity contribution in [2.24, 2.45) is 5.41 Å². The van der Waals surface area contributed by atoms with Crippen molar-refractivity contribution in [2.45, 2.75) is 57.9 Å². The molecule has 19 heavy (non-hydrogen) atoms. The van der Waals surface area contributed by atoms with E-state index in [4.69, 9.17) is 5.26 Å². The fraction of sp³-hybridized carbons (Fsp3) is 0.867. The van der Waals surface area contributed by atoms with Gasteiger partial charge in [0.1, 0.15) is 0 Å². The van der Waals surface area contributed by atoms with Gasteiger partial charge in [0.15, 0.2) is 0 Å². The quantitative estimate of drug-likeness (QED) is 0.798. The third-order valence-electron chi connectivity index (χ3n) is 4.37. The van der Waals surface area contributed by atoms with E-state index in [9.17, 15) is 4.79 Å². The zero-order chi connectivity index (χ0) is 13.7. The minimum atomic E-state index is -0.203. The molecular formula is C15H25N3O. The van der Waals surface area contributed by atoms with E-state index in [1.807, 2.05) is 4.90 Å². The second-order valence-corrected chi connectivity index (χ2v) is 5.95. The molecule has 1 unspecified atom stereocenters. The van der Waals surface area contributed by atoms with Gasteiger partial charge in [0.25, 0.3) is 0 Å². The summed E-state index contributed by atoms with van der Waals surface area (Å²) in [6.45, 7) is 4.61. The van der Waals surface area contributed by atoms with E-state index in [1.54, 1.807) is 0 Å². The van der Waals surface area contributed by atoms with E-state index in [0.717, 1.165) is 51.6 Å². The lowest BCUT2D eigenvalue weighted by atomic mass is 9.75. The first-order valence-corrected chi connectivity index (χ1v) is 7.62. The molecule has 1 aliphatic heterocycles. The van der Waals surface area contributed by atoms with Crippen LogP contribution >= 0.6 is 0 Å². The summed E-state index contributed by atoms with van der Waals surface area (Å²) in [6.07, 6.45) is 6.79. The van der Waals surface area contributed by atoms with E-state index in [-0.39, 0.29) is 5.41 Å². The van der Waals surface area contributed by atoms with Crippen LogP contribution in [-0.4, -0.2) is 36.5 Å². The summed E-state index contributed by atoms with van der Waals surface area (Å²) < 4.78 is 0. The maximum Gasteiger partial charge on any atom is 0.230 e. The van der Waals surface area contributed by atoms with Gasteiger partial charge in [0.2, 0.25) is 5.91 Å². The van der Waals surface area contributed by atoms with Gasteiger partial charge in [-0.25, -0.2) is 0 Å². The van der Waals surface area contributed by atoms with Crippen molar-refractivity contribution < 1.29 is 4.79 Å². The molecule has 1 atom stereocenters. The van der Waals surface area contributed by atoms with Gasteiger partial charge >= 0.3 is 0 Å². The molecule has 0 radical (unpaired) electrons. The van der Waals surface area contributed by atoms with Crippen LogP contribution in [0.4, 0.5) is 0 Å². The van der Waals surface area contributed by atoms with Gasteiger partial charge < -0.3 is 10.2 Å². The van der Waals surface area contributed by atoms with E-state index >= 15 is 0 Å². The van der Waals surface area contributed by atoms with Crippen molar-refractivity contribution in [1.82, 2.24) is 10.2 Å². The van der Waals surface area contributed by atoms with Crippen molar-refractivity contribution in [3.63, 3.8) is 0 Å². The zero-order valence-electron chi connectivity index (χ0n) is 12.0. The molecule has 2 fully saturated rings. The van der Waals surface area contributed by atoms with Gasteiger partial charge in [-0.05, 0) is 38.6 Å². The van der Waals surface area contributed by atoms with Crippen molar-refractivity contribution >= 4 is 5.91 Å². The second kappa shape index (κ2) is 6.38. The lowest BCUT2D eigenvalue weighted by Gasteiger charge is -2.40. The Labute approximate surface area is 116 Å². The predicted molar refractivity (Wildman–Crippen MR) is 74.4 cm³/mol. The zero-order valence-corrected chi connectivity index (χ0v) is 12.0. The summed E-state index contributed by atoms with van der Waals surface area (Å²) in [7, 11) is 0. The first-order chi connectivity index (χ1) is 9.23. The molecule has 1 aliphatic carbocycles. The number of nitrogens with one attached hydrogen (secondary N) is 1.